The number of rotatable bonds is 3. The first-order chi connectivity index (χ1) is 7.52. The summed E-state index contributed by atoms with van der Waals surface area (Å²) in [5.41, 5.74) is 0.134. The molecule has 0 spiro atoms. The second-order valence-electron chi connectivity index (χ2n) is 2.94. The smallest absolute Gasteiger partial charge is 0.339 e. The first kappa shape index (κ1) is 12.8. The van der Waals surface area contributed by atoms with Crippen LogP contribution < -0.4 is 4.74 Å². The predicted octanol–water partition coefficient (Wildman–Crippen LogP) is 1.37. The molecule has 2 N–H and O–H groups in total. The summed E-state index contributed by atoms with van der Waals surface area (Å²) in [6.45, 7) is 0. The van der Waals surface area contributed by atoms with E-state index < -0.39 is 12.1 Å². The maximum atomic E-state index is 11.2. The van der Waals surface area contributed by atoms with Crippen molar-refractivity contribution in [2.75, 3.05) is 14.2 Å². The zero-order valence-electron chi connectivity index (χ0n) is 8.73. The molecular weight excluding hydrogens is 280 g/mol. The average Bonchev–Trinajstić information content (AvgIpc) is 2.29. The fraction of sp³-hybridized carbons (Fsp3) is 0.300. The number of phenols is 1. The lowest BCUT2D eigenvalue weighted by Gasteiger charge is -2.15. The molecule has 16 heavy (non-hydrogen) atoms. The maximum Gasteiger partial charge on any atom is 0.339 e. The summed E-state index contributed by atoms with van der Waals surface area (Å²) in [6.07, 6.45) is -1.51. The molecule has 0 aromatic heterocycles. The molecule has 0 radical (unpaired) electrons. The normalized spacial score (nSPS) is 12.0. The lowest BCUT2D eigenvalue weighted by Crippen LogP contribution is -2.15. The highest BCUT2D eigenvalue weighted by molar-refractivity contribution is 9.10. The van der Waals surface area contributed by atoms with E-state index in [4.69, 9.17) is 4.74 Å². The van der Waals surface area contributed by atoms with E-state index in [2.05, 4.69) is 20.7 Å². The largest absolute Gasteiger partial charge is 0.504 e. The number of aromatic hydroxyl groups is 1. The third-order valence-corrected chi connectivity index (χ3v) is 2.72. The number of carbonyl (C=O) groups is 1. The predicted molar refractivity (Wildman–Crippen MR) is 59.3 cm³/mol. The first-order valence-corrected chi connectivity index (χ1v) is 5.13. The Morgan fingerprint density at radius 2 is 2.06 bits per heavy atom. The molecule has 0 aliphatic carbocycles. The number of hydrogen-bond acceptors (Lipinski definition) is 5. The van der Waals surface area contributed by atoms with Gasteiger partial charge in [0.05, 0.1) is 19.8 Å². The zero-order valence-corrected chi connectivity index (χ0v) is 10.3. The number of aliphatic hydroxyl groups excluding tert-OH is 1. The minimum absolute atomic E-state index is 0.0345. The van der Waals surface area contributed by atoms with Crippen LogP contribution in [0, 0.1) is 0 Å². The Morgan fingerprint density at radius 3 is 2.56 bits per heavy atom. The molecule has 1 unspecified atom stereocenters. The molecule has 0 fully saturated rings. The number of phenolic OH excluding ortho intramolecular Hbond substituents is 1. The first-order valence-electron chi connectivity index (χ1n) is 4.34. The van der Waals surface area contributed by atoms with Gasteiger partial charge in [-0.2, -0.15) is 0 Å². The monoisotopic (exact) mass is 290 g/mol. The second kappa shape index (κ2) is 5.18. The van der Waals surface area contributed by atoms with E-state index in [1.807, 2.05) is 0 Å². The van der Waals surface area contributed by atoms with Crippen molar-refractivity contribution in [2.45, 2.75) is 6.10 Å². The number of methoxy groups -OCH3 is 2. The number of halogens is 1. The standard InChI is InChI=1S/C10H11BrO5/c1-15-9-6(12)4-3-5(11)7(9)8(13)10(14)16-2/h3-4,8,12-13H,1-2H3. The van der Waals surface area contributed by atoms with Crippen LogP contribution in [0.15, 0.2) is 16.6 Å². The Kier molecular flexibility index (Phi) is 4.14. The summed E-state index contributed by atoms with van der Waals surface area (Å²) in [5, 5.41) is 19.2. The quantitative estimate of drug-likeness (QED) is 0.823. The lowest BCUT2D eigenvalue weighted by atomic mass is 10.1. The van der Waals surface area contributed by atoms with Crippen LogP contribution in [-0.2, 0) is 9.53 Å². The number of hydrogen-bond donors (Lipinski definition) is 2. The van der Waals surface area contributed by atoms with E-state index in [1.165, 1.54) is 19.2 Å². The van der Waals surface area contributed by atoms with Crippen LogP contribution in [0.2, 0.25) is 0 Å². The average molecular weight is 291 g/mol. The summed E-state index contributed by atoms with van der Waals surface area (Å²) in [5.74, 6) is -0.958. The maximum absolute atomic E-state index is 11.2. The number of aliphatic hydroxyl groups is 1. The second-order valence-corrected chi connectivity index (χ2v) is 3.79. The summed E-state index contributed by atoms with van der Waals surface area (Å²) < 4.78 is 9.78. The Morgan fingerprint density at radius 1 is 1.44 bits per heavy atom. The molecule has 1 aromatic rings. The van der Waals surface area contributed by atoms with Gasteiger partial charge >= 0.3 is 5.97 Å². The minimum Gasteiger partial charge on any atom is -0.504 e. The van der Waals surface area contributed by atoms with Gasteiger partial charge in [-0.25, -0.2) is 4.79 Å². The zero-order chi connectivity index (χ0) is 12.3. The van der Waals surface area contributed by atoms with Crippen molar-refractivity contribution in [3.05, 3.63) is 22.2 Å². The summed E-state index contributed by atoms with van der Waals surface area (Å²) in [6, 6.07) is 2.88. The van der Waals surface area contributed by atoms with Crippen molar-refractivity contribution in [3.8, 4) is 11.5 Å². The Bertz CT molecular complexity index is 404. The van der Waals surface area contributed by atoms with Gasteiger partial charge in [-0.05, 0) is 12.1 Å². The number of esters is 1. The van der Waals surface area contributed by atoms with E-state index >= 15 is 0 Å². The Hall–Kier alpha value is -1.27. The molecule has 0 amide bonds. The van der Waals surface area contributed by atoms with Gasteiger partial charge in [0, 0.05) is 4.47 Å². The van der Waals surface area contributed by atoms with Crippen LogP contribution in [0.25, 0.3) is 0 Å². The van der Waals surface area contributed by atoms with Crippen LogP contribution in [0.3, 0.4) is 0 Å². The van der Waals surface area contributed by atoms with Crippen molar-refractivity contribution in [3.63, 3.8) is 0 Å². The van der Waals surface area contributed by atoms with Gasteiger partial charge < -0.3 is 19.7 Å². The molecule has 88 valence electrons. The van der Waals surface area contributed by atoms with Gasteiger partial charge in [0.2, 0.25) is 0 Å². The van der Waals surface area contributed by atoms with Crippen molar-refractivity contribution in [1.82, 2.24) is 0 Å². The summed E-state index contributed by atoms with van der Waals surface area (Å²) in [7, 11) is 2.49. The van der Waals surface area contributed by atoms with Crippen molar-refractivity contribution in [1.29, 1.82) is 0 Å². The number of carbonyl (C=O) groups excluding carboxylic acids is 1. The van der Waals surface area contributed by atoms with Gasteiger partial charge in [0.15, 0.2) is 17.6 Å². The highest BCUT2D eigenvalue weighted by Gasteiger charge is 2.26. The van der Waals surface area contributed by atoms with Crippen molar-refractivity contribution < 1.29 is 24.5 Å². The Labute approximate surface area is 101 Å². The van der Waals surface area contributed by atoms with Gasteiger partial charge in [-0.15, -0.1) is 0 Å². The summed E-state index contributed by atoms with van der Waals surface area (Å²) in [4.78, 5) is 11.2. The fourth-order valence-electron chi connectivity index (χ4n) is 1.26. The molecule has 0 aliphatic rings. The fourth-order valence-corrected chi connectivity index (χ4v) is 1.79. The molecule has 6 heteroatoms. The van der Waals surface area contributed by atoms with Gasteiger partial charge in [-0.1, -0.05) is 15.9 Å². The van der Waals surface area contributed by atoms with E-state index in [9.17, 15) is 15.0 Å². The van der Waals surface area contributed by atoms with Crippen LogP contribution in [-0.4, -0.2) is 30.4 Å². The van der Waals surface area contributed by atoms with E-state index in [0.717, 1.165) is 7.11 Å². The highest BCUT2D eigenvalue weighted by Crippen LogP contribution is 2.39. The van der Waals surface area contributed by atoms with Crippen molar-refractivity contribution >= 4 is 21.9 Å². The lowest BCUT2D eigenvalue weighted by molar-refractivity contribution is -0.150. The van der Waals surface area contributed by atoms with Crippen molar-refractivity contribution in [2.24, 2.45) is 0 Å². The van der Waals surface area contributed by atoms with Gasteiger partial charge in [0.25, 0.3) is 0 Å². The number of ether oxygens (including phenoxy) is 2. The van der Waals surface area contributed by atoms with Crippen LogP contribution in [0.4, 0.5) is 0 Å². The topological polar surface area (TPSA) is 76.0 Å². The molecule has 0 bridgehead atoms. The van der Waals surface area contributed by atoms with Crippen LogP contribution in [0.5, 0.6) is 11.5 Å². The molecular formula is C10H11BrO5. The molecule has 0 saturated carbocycles. The third-order valence-electron chi connectivity index (χ3n) is 2.02. The minimum atomic E-state index is -1.51. The molecule has 1 aromatic carbocycles. The number of benzene rings is 1. The third kappa shape index (κ3) is 2.28. The van der Waals surface area contributed by atoms with E-state index in [-0.39, 0.29) is 17.1 Å². The molecule has 0 saturated heterocycles. The van der Waals surface area contributed by atoms with E-state index in [0.29, 0.717) is 4.47 Å². The SMILES string of the molecule is COC(=O)C(O)c1c(Br)ccc(O)c1OC. The van der Waals surface area contributed by atoms with Gasteiger partial charge in [-0.3, -0.25) is 0 Å². The molecule has 1 rings (SSSR count). The van der Waals surface area contributed by atoms with Crippen LogP contribution >= 0.6 is 15.9 Å². The molecule has 0 aliphatic heterocycles. The molecule has 5 nitrogen and oxygen atoms in total. The molecule has 0 heterocycles. The summed E-state index contributed by atoms with van der Waals surface area (Å²) >= 11 is 3.16. The van der Waals surface area contributed by atoms with Gasteiger partial charge in [0.1, 0.15) is 0 Å². The highest BCUT2D eigenvalue weighted by atomic mass is 79.9. The Balaban J connectivity index is 3.30. The molecule has 1 atom stereocenters. The van der Waals surface area contributed by atoms with Crippen LogP contribution in [0.1, 0.15) is 11.7 Å². The van der Waals surface area contributed by atoms with E-state index in [1.54, 1.807) is 0 Å².